The molecule has 0 saturated heterocycles. The normalized spacial score (nSPS) is 16.6. The second-order valence-electron chi connectivity index (χ2n) is 4.40. The van der Waals surface area contributed by atoms with Crippen molar-refractivity contribution in [1.29, 1.82) is 0 Å². The fourth-order valence-corrected chi connectivity index (χ4v) is 2.15. The van der Waals surface area contributed by atoms with Crippen LogP contribution >= 0.6 is 11.8 Å². The van der Waals surface area contributed by atoms with E-state index in [-0.39, 0.29) is 17.5 Å². The second-order valence-corrected chi connectivity index (χ2v) is 5.48. The van der Waals surface area contributed by atoms with E-state index in [4.69, 9.17) is 4.74 Å². The number of esters is 1. The third-order valence-corrected chi connectivity index (χ3v) is 3.67. The summed E-state index contributed by atoms with van der Waals surface area (Å²) in [7, 11) is 0. The molecule has 1 heterocycles. The lowest BCUT2D eigenvalue weighted by atomic mass is 10.0. The summed E-state index contributed by atoms with van der Waals surface area (Å²) in [6.07, 6.45) is 0.964. The van der Waals surface area contributed by atoms with Crippen LogP contribution in [-0.4, -0.2) is 23.4 Å². The van der Waals surface area contributed by atoms with E-state index in [9.17, 15) is 9.59 Å². The van der Waals surface area contributed by atoms with Crippen LogP contribution < -0.4 is 0 Å². The first-order valence-corrected chi connectivity index (χ1v) is 6.50. The van der Waals surface area contributed by atoms with Crippen molar-refractivity contribution < 1.29 is 14.3 Å². The summed E-state index contributed by atoms with van der Waals surface area (Å²) < 4.78 is 4.93. The van der Waals surface area contributed by atoms with E-state index in [0.717, 1.165) is 17.7 Å². The number of cyclic esters (lactones) is 1. The summed E-state index contributed by atoms with van der Waals surface area (Å²) in [6, 6.07) is 0. The lowest BCUT2D eigenvalue weighted by Crippen LogP contribution is -2.18. The van der Waals surface area contributed by atoms with Gasteiger partial charge in [-0.05, 0) is 12.8 Å². The Morgan fingerprint density at radius 2 is 2.19 bits per heavy atom. The van der Waals surface area contributed by atoms with Gasteiger partial charge in [0.05, 0.1) is 6.61 Å². The van der Waals surface area contributed by atoms with Crippen LogP contribution in [0.1, 0.15) is 33.6 Å². The highest BCUT2D eigenvalue weighted by molar-refractivity contribution is 8.13. The number of rotatable bonds is 4. The van der Waals surface area contributed by atoms with Crippen LogP contribution in [0.2, 0.25) is 0 Å². The predicted molar refractivity (Wildman–Crippen MR) is 65.2 cm³/mol. The molecule has 0 radical (unpaired) electrons. The Hall–Kier alpha value is -0.770. The van der Waals surface area contributed by atoms with Gasteiger partial charge in [-0.3, -0.25) is 4.79 Å². The Bertz CT molecular complexity index is 318. The zero-order valence-corrected chi connectivity index (χ0v) is 10.9. The quantitative estimate of drug-likeness (QED) is 0.711. The van der Waals surface area contributed by atoms with Gasteiger partial charge in [0.15, 0.2) is 5.12 Å². The summed E-state index contributed by atoms with van der Waals surface area (Å²) >= 11 is 1.30. The number of hydrogen-bond donors (Lipinski definition) is 0. The number of carbonyl (C=O) groups is 2. The number of hydrogen-bond acceptors (Lipinski definition) is 4. The Morgan fingerprint density at radius 3 is 2.75 bits per heavy atom. The van der Waals surface area contributed by atoms with E-state index in [1.54, 1.807) is 0 Å². The zero-order chi connectivity index (χ0) is 12.1. The van der Waals surface area contributed by atoms with Gasteiger partial charge in [-0.15, -0.1) is 0 Å². The average molecular weight is 242 g/mol. The zero-order valence-electron chi connectivity index (χ0n) is 10.0. The summed E-state index contributed by atoms with van der Waals surface area (Å²) in [5, 5.41) is 0.0573. The third kappa shape index (κ3) is 4.00. The van der Waals surface area contributed by atoms with Gasteiger partial charge in [0.1, 0.15) is 0 Å². The fraction of sp³-hybridized carbons (Fsp3) is 0.667. The fourth-order valence-electron chi connectivity index (χ4n) is 1.39. The van der Waals surface area contributed by atoms with Gasteiger partial charge < -0.3 is 4.74 Å². The summed E-state index contributed by atoms with van der Waals surface area (Å²) in [6.45, 7) is 6.48. The van der Waals surface area contributed by atoms with Crippen molar-refractivity contribution in [3.05, 3.63) is 11.1 Å². The first kappa shape index (κ1) is 13.3. The molecule has 1 aliphatic heterocycles. The molecule has 90 valence electrons. The van der Waals surface area contributed by atoms with E-state index >= 15 is 0 Å². The highest BCUT2D eigenvalue weighted by atomic mass is 32.2. The van der Waals surface area contributed by atoms with Crippen molar-refractivity contribution in [2.45, 2.75) is 33.6 Å². The molecule has 0 unspecified atom stereocenters. The molecule has 0 aliphatic carbocycles. The molecule has 3 nitrogen and oxygen atoms in total. The van der Waals surface area contributed by atoms with Gasteiger partial charge in [-0.2, -0.15) is 0 Å². The Kier molecular flexibility index (Phi) is 5.06. The standard InChI is InChI=1S/C12H18O3S/c1-8(2)7-16-11(13)6-10-9(3)4-5-15-12(10)14/h8H,4-7H2,1-3H3. The molecular weight excluding hydrogens is 224 g/mol. The molecule has 0 spiro atoms. The molecule has 1 aliphatic rings. The summed E-state index contributed by atoms with van der Waals surface area (Å²) in [5.41, 5.74) is 1.56. The van der Waals surface area contributed by atoms with Gasteiger partial charge in [0.25, 0.3) is 0 Å². The molecule has 16 heavy (non-hydrogen) atoms. The molecule has 0 amide bonds. The number of carbonyl (C=O) groups excluding carboxylic acids is 2. The molecule has 0 aromatic rings. The predicted octanol–water partition coefficient (Wildman–Crippen LogP) is 2.56. The molecule has 0 N–H and O–H groups in total. The average Bonchev–Trinajstić information content (AvgIpc) is 2.21. The molecular formula is C12H18O3S. The highest BCUT2D eigenvalue weighted by Crippen LogP contribution is 2.22. The van der Waals surface area contributed by atoms with Crippen LogP contribution in [0.25, 0.3) is 0 Å². The largest absolute Gasteiger partial charge is 0.462 e. The topological polar surface area (TPSA) is 43.4 Å². The maximum atomic E-state index is 11.6. The minimum atomic E-state index is -0.317. The van der Waals surface area contributed by atoms with E-state index in [1.807, 2.05) is 6.92 Å². The lowest BCUT2D eigenvalue weighted by molar-refractivity contribution is -0.140. The Morgan fingerprint density at radius 1 is 1.50 bits per heavy atom. The van der Waals surface area contributed by atoms with Crippen LogP contribution in [0, 0.1) is 5.92 Å². The molecule has 0 atom stereocenters. The second kappa shape index (κ2) is 6.09. The maximum absolute atomic E-state index is 11.6. The van der Waals surface area contributed by atoms with Crippen molar-refractivity contribution >= 4 is 22.8 Å². The van der Waals surface area contributed by atoms with Gasteiger partial charge >= 0.3 is 5.97 Å². The first-order chi connectivity index (χ1) is 7.50. The van der Waals surface area contributed by atoms with Crippen molar-refractivity contribution in [2.24, 2.45) is 5.92 Å². The minimum absolute atomic E-state index is 0.0573. The molecule has 0 saturated carbocycles. The first-order valence-electron chi connectivity index (χ1n) is 5.52. The van der Waals surface area contributed by atoms with E-state index in [0.29, 0.717) is 18.1 Å². The molecule has 0 fully saturated rings. The van der Waals surface area contributed by atoms with Crippen LogP contribution in [0.5, 0.6) is 0 Å². The maximum Gasteiger partial charge on any atom is 0.334 e. The highest BCUT2D eigenvalue weighted by Gasteiger charge is 2.22. The van der Waals surface area contributed by atoms with E-state index in [1.165, 1.54) is 11.8 Å². The number of ether oxygens (including phenoxy) is 1. The van der Waals surface area contributed by atoms with Crippen LogP contribution in [0.3, 0.4) is 0 Å². The number of thioether (sulfide) groups is 1. The van der Waals surface area contributed by atoms with E-state index < -0.39 is 0 Å². The Labute approximate surface area is 101 Å². The monoisotopic (exact) mass is 242 g/mol. The lowest BCUT2D eigenvalue weighted by Gasteiger charge is -2.16. The summed E-state index contributed by atoms with van der Waals surface area (Å²) in [4.78, 5) is 23.1. The van der Waals surface area contributed by atoms with Gasteiger partial charge in [0.2, 0.25) is 0 Å². The molecule has 4 heteroatoms. The van der Waals surface area contributed by atoms with Crippen LogP contribution in [0.4, 0.5) is 0 Å². The van der Waals surface area contributed by atoms with Crippen molar-refractivity contribution in [1.82, 2.24) is 0 Å². The summed E-state index contributed by atoms with van der Waals surface area (Å²) in [5.74, 6) is 0.977. The van der Waals surface area contributed by atoms with Crippen molar-refractivity contribution in [2.75, 3.05) is 12.4 Å². The minimum Gasteiger partial charge on any atom is -0.462 e. The smallest absolute Gasteiger partial charge is 0.334 e. The van der Waals surface area contributed by atoms with Gasteiger partial charge in [-0.25, -0.2) is 4.79 Å². The third-order valence-electron chi connectivity index (χ3n) is 2.37. The Balaban J connectivity index is 2.52. The SMILES string of the molecule is CC1=C(CC(=O)SCC(C)C)C(=O)OCC1. The molecule has 0 bridgehead atoms. The van der Waals surface area contributed by atoms with Gasteiger partial charge in [0, 0.05) is 24.2 Å². The molecule has 0 aromatic carbocycles. The van der Waals surface area contributed by atoms with Crippen LogP contribution in [0.15, 0.2) is 11.1 Å². The van der Waals surface area contributed by atoms with Crippen molar-refractivity contribution in [3.63, 3.8) is 0 Å². The van der Waals surface area contributed by atoms with Crippen LogP contribution in [-0.2, 0) is 14.3 Å². The van der Waals surface area contributed by atoms with Crippen molar-refractivity contribution in [3.8, 4) is 0 Å². The molecule has 1 rings (SSSR count). The van der Waals surface area contributed by atoms with Gasteiger partial charge in [-0.1, -0.05) is 31.2 Å². The van der Waals surface area contributed by atoms with E-state index in [2.05, 4.69) is 13.8 Å². The molecule has 0 aromatic heterocycles.